The molecule has 0 rings (SSSR count). The van der Waals surface area contributed by atoms with Gasteiger partial charge in [-0.1, -0.05) is 5.16 Å². The molecule has 0 atom stereocenters. The maximum atomic E-state index is 11.2. The Morgan fingerprint density at radius 3 is 2.62 bits per heavy atom. The first-order valence-electron chi connectivity index (χ1n) is 5.52. The molecule has 0 aliphatic heterocycles. The van der Waals surface area contributed by atoms with Gasteiger partial charge in [-0.3, -0.25) is 4.79 Å². The Bertz CT molecular complexity index is 229. The van der Waals surface area contributed by atoms with Crippen molar-refractivity contribution < 1.29 is 10.0 Å². The highest BCUT2D eigenvalue weighted by Gasteiger charge is 2.01. The van der Waals surface area contributed by atoms with E-state index >= 15 is 0 Å². The van der Waals surface area contributed by atoms with E-state index in [1.165, 1.54) is 0 Å². The van der Waals surface area contributed by atoms with Crippen molar-refractivity contribution in [3.05, 3.63) is 0 Å². The Kier molecular flexibility index (Phi) is 8.24. The Morgan fingerprint density at radius 2 is 2.06 bits per heavy atom. The predicted molar refractivity (Wildman–Crippen MR) is 63.4 cm³/mol. The van der Waals surface area contributed by atoms with Gasteiger partial charge < -0.3 is 21.6 Å². The zero-order chi connectivity index (χ0) is 12.4. The van der Waals surface area contributed by atoms with E-state index in [1.54, 1.807) is 0 Å². The molecule has 94 valence electrons. The van der Waals surface area contributed by atoms with Gasteiger partial charge >= 0.3 is 0 Å². The van der Waals surface area contributed by atoms with Crippen molar-refractivity contribution in [3.8, 4) is 0 Å². The van der Waals surface area contributed by atoms with E-state index in [9.17, 15) is 4.79 Å². The zero-order valence-electron chi connectivity index (χ0n) is 9.99. The molecule has 0 saturated carbocycles. The molecule has 0 aliphatic rings. The third-order valence-corrected chi connectivity index (χ3v) is 1.89. The van der Waals surface area contributed by atoms with Crippen molar-refractivity contribution in [2.45, 2.75) is 39.2 Å². The van der Waals surface area contributed by atoms with Crippen LogP contribution in [0.2, 0.25) is 0 Å². The van der Waals surface area contributed by atoms with Crippen LogP contribution in [0.5, 0.6) is 0 Å². The maximum Gasteiger partial charge on any atom is 0.221 e. The molecule has 6 nitrogen and oxygen atoms in total. The van der Waals surface area contributed by atoms with Gasteiger partial charge in [0.25, 0.3) is 0 Å². The van der Waals surface area contributed by atoms with E-state index in [-0.39, 0.29) is 17.8 Å². The van der Waals surface area contributed by atoms with Crippen molar-refractivity contribution in [1.82, 2.24) is 10.6 Å². The molecule has 0 saturated heterocycles. The quantitative estimate of drug-likeness (QED) is 0.155. The van der Waals surface area contributed by atoms with Gasteiger partial charge in [0.2, 0.25) is 5.91 Å². The molecule has 0 bridgehead atoms. The second-order valence-electron chi connectivity index (χ2n) is 3.92. The van der Waals surface area contributed by atoms with Crippen molar-refractivity contribution in [2.75, 3.05) is 13.1 Å². The van der Waals surface area contributed by atoms with Crippen LogP contribution in [0.25, 0.3) is 0 Å². The van der Waals surface area contributed by atoms with Gasteiger partial charge in [-0.2, -0.15) is 0 Å². The molecule has 0 aromatic carbocycles. The summed E-state index contributed by atoms with van der Waals surface area (Å²) in [5.74, 6) is 0.290. The summed E-state index contributed by atoms with van der Waals surface area (Å²) in [6.45, 7) is 5.27. The van der Waals surface area contributed by atoms with E-state index < -0.39 is 0 Å². The monoisotopic (exact) mass is 230 g/mol. The summed E-state index contributed by atoms with van der Waals surface area (Å²) in [7, 11) is 0. The summed E-state index contributed by atoms with van der Waals surface area (Å²) >= 11 is 0. The van der Waals surface area contributed by atoms with Crippen LogP contribution in [-0.4, -0.2) is 36.1 Å². The summed E-state index contributed by atoms with van der Waals surface area (Å²) in [5, 5.41) is 17.1. The number of carbonyl (C=O) groups is 1. The highest BCUT2D eigenvalue weighted by atomic mass is 16.4. The van der Waals surface area contributed by atoms with Crippen LogP contribution >= 0.6 is 0 Å². The lowest BCUT2D eigenvalue weighted by Crippen LogP contribution is -2.32. The molecule has 0 aromatic rings. The molecule has 0 aromatic heterocycles. The fourth-order valence-electron chi connectivity index (χ4n) is 1.17. The number of rotatable bonds is 8. The van der Waals surface area contributed by atoms with Gasteiger partial charge in [0.1, 0.15) is 5.84 Å². The van der Waals surface area contributed by atoms with Crippen molar-refractivity contribution >= 4 is 11.7 Å². The number of oxime groups is 1. The lowest BCUT2D eigenvalue weighted by molar-refractivity contribution is -0.121. The van der Waals surface area contributed by atoms with Crippen molar-refractivity contribution in [3.63, 3.8) is 0 Å². The summed E-state index contributed by atoms with van der Waals surface area (Å²) in [4.78, 5) is 11.2. The molecule has 0 unspecified atom stereocenters. The first-order chi connectivity index (χ1) is 7.56. The van der Waals surface area contributed by atoms with Crippen LogP contribution in [0.15, 0.2) is 5.16 Å². The Balaban J connectivity index is 3.30. The maximum absolute atomic E-state index is 11.2. The second kappa shape index (κ2) is 8.96. The lowest BCUT2D eigenvalue weighted by atomic mass is 10.3. The minimum atomic E-state index is 0.0546. The molecule has 0 aliphatic carbocycles. The van der Waals surface area contributed by atoms with Gasteiger partial charge in [0.15, 0.2) is 0 Å². The summed E-state index contributed by atoms with van der Waals surface area (Å²) in [6, 6.07) is 0.188. The minimum Gasteiger partial charge on any atom is -0.409 e. The molecule has 0 heterocycles. The smallest absolute Gasteiger partial charge is 0.221 e. The zero-order valence-corrected chi connectivity index (χ0v) is 9.99. The fraction of sp³-hybridized carbons (Fsp3) is 0.800. The first kappa shape index (κ1) is 14.7. The van der Waals surface area contributed by atoms with Crippen LogP contribution < -0.4 is 16.4 Å². The van der Waals surface area contributed by atoms with E-state index in [1.807, 2.05) is 13.8 Å². The SMILES string of the molecule is CC(C)NC(=O)CCNCCCC(N)=NO. The lowest BCUT2D eigenvalue weighted by Gasteiger charge is -2.08. The van der Waals surface area contributed by atoms with Crippen LogP contribution in [0, 0.1) is 0 Å². The molecular formula is C10H22N4O2. The summed E-state index contributed by atoms with van der Waals surface area (Å²) in [5.41, 5.74) is 5.30. The van der Waals surface area contributed by atoms with Gasteiger partial charge in [-0.05, 0) is 26.8 Å². The van der Waals surface area contributed by atoms with E-state index in [0.29, 0.717) is 19.4 Å². The number of hydrogen-bond acceptors (Lipinski definition) is 4. The number of nitrogens with two attached hydrogens (primary N) is 1. The molecule has 6 heteroatoms. The number of carbonyl (C=O) groups excluding carboxylic acids is 1. The predicted octanol–water partition coefficient (Wildman–Crippen LogP) is 0.0173. The van der Waals surface area contributed by atoms with E-state index in [2.05, 4.69) is 15.8 Å². The highest BCUT2D eigenvalue weighted by Crippen LogP contribution is 1.87. The third-order valence-electron chi connectivity index (χ3n) is 1.89. The molecule has 16 heavy (non-hydrogen) atoms. The number of nitrogens with one attached hydrogen (secondary N) is 2. The van der Waals surface area contributed by atoms with Gasteiger partial charge in [-0.25, -0.2) is 0 Å². The topological polar surface area (TPSA) is 99.7 Å². The van der Waals surface area contributed by atoms with Crippen molar-refractivity contribution in [1.29, 1.82) is 0 Å². The second-order valence-corrected chi connectivity index (χ2v) is 3.92. The number of hydrogen-bond donors (Lipinski definition) is 4. The van der Waals surface area contributed by atoms with Crippen LogP contribution in [-0.2, 0) is 4.79 Å². The largest absolute Gasteiger partial charge is 0.409 e. The third kappa shape index (κ3) is 9.26. The molecule has 0 radical (unpaired) electrons. The molecular weight excluding hydrogens is 208 g/mol. The van der Waals surface area contributed by atoms with E-state index in [4.69, 9.17) is 10.9 Å². The number of nitrogens with zero attached hydrogens (tertiary/aromatic N) is 1. The van der Waals surface area contributed by atoms with Crippen LogP contribution in [0.1, 0.15) is 33.1 Å². The Morgan fingerprint density at radius 1 is 1.38 bits per heavy atom. The number of amides is 1. The minimum absolute atomic E-state index is 0.0546. The first-order valence-corrected chi connectivity index (χ1v) is 5.52. The molecule has 0 spiro atoms. The van der Waals surface area contributed by atoms with Crippen LogP contribution in [0.4, 0.5) is 0 Å². The van der Waals surface area contributed by atoms with Crippen LogP contribution in [0.3, 0.4) is 0 Å². The fourth-order valence-corrected chi connectivity index (χ4v) is 1.17. The Labute approximate surface area is 96.3 Å². The molecule has 0 fully saturated rings. The van der Waals surface area contributed by atoms with E-state index in [0.717, 1.165) is 13.0 Å². The normalized spacial score (nSPS) is 11.8. The van der Waals surface area contributed by atoms with Gasteiger partial charge in [0, 0.05) is 25.4 Å². The van der Waals surface area contributed by atoms with Gasteiger partial charge in [-0.15, -0.1) is 0 Å². The number of amidine groups is 1. The average Bonchev–Trinajstić information content (AvgIpc) is 2.21. The highest BCUT2D eigenvalue weighted by molar-refractivity contribution is 5.79. The summed E-state index contributed by atoms with van der Waals surface area (Å²) in [6.07, 6.45) is 1.82. The molecule has 5 N–H and O–H groups in total. The summed E-state index contributed by atoms with van der Waals surface area (Å²) < 4.78 is 0. The standard InChI is InChI=1S/C10H22N4O2/c1-8(2)13-10(15)5-7-12-6-3-4-9(11)14-16/h8,12,16H,3-7H2,1-2H3,(H2,11,14)(H,13,15). The van der Waals surface area contributed by atoms with Gasteiger partial charge in [0.05, 0.1) is 0 Å². The Hall–Kier alpha value is -1.30. The average molecular weight is 230 g/mol. The molecule has 1 amide bonds. The van der Waals surface area contributed by atoms with Crippen molar-refractivity contribution in [2.24, 2.45) is 10.9 Å².